The SMILES string of the molecule is O=C(c1ccc(-c2ccc(Cl)cc2)cc1)N1CC2CN(C(=O)c3ccc4[nH]nnc4c3)C[C@H]2C1. The summed E-state index contributed by atoms with van der Waals surface area (Å²) in [5.41, 5.74) is 4.91. The van der Waals surface area contributed by atoms with E-state index in [1.165, 1.54) is 0 Å². The van der Waals surface area contributed by atoms with E-state index in [9.17, 15) is 9.59 Å². The van der Waals surface area contributed by atoms with Crippen molar-refractivity contribution >= 4 is 34.4 Å². The molecule has 0 radical (unpaired) electrons. The number of aromatic nitrogens is 3. The van der Waals surface area contributed by atoms with Crippen molar-refractivity contribution in [3.8, 4) is 11.1 Å². The van der Waals surface area contributed by atoms with Crippen molar-refractivity contribution in [3.63, 3.8) is 0 Å². The number of aromatic amines is 1. The first-order valence-corrected chi connectivity index (χ1v) is 11.7. The van der Waals surface area contributed by atoms with Crippen molar-refractivity contribution in [2.45, 2.75) is 0 Å². The molecule has 7 nitrogen and oxygen atoms in total. The van der Waals surface area contributed by atoms with Crippen molar-refractivity contribution in [1.29, 1.82) is 0 Å². The molecule has 2 aliphatic heterocycles. The van der Waals surface area contributed by atoms with E-state index in [-0.39, 0.29) is 11.8 Å². The summed E-state index contributed by atoms with van der Waals surface area (Å²) in [5, 5.41) is 11.3. The molecule has 0 spiro atoms. The Morgan fingerprint density at radius 3 is 1.91 bits per heavy atom. The summed E-state index contributed by atoms with van der Waals surface area (Å²) < 4.78 is 0. The summed E-state index contributed by atoms with van der Waals surface area (Å²) in [6.45, 7) is 2.68. The molecule has 1 aromatic heterocycles. The number of amides is 2. The molecule has 3 aromatic carbocycles. The maximum atomic E-state index is 13.1. The first-order valence-electron chi connectivity index (χ1n) is 11.3. The predicted molar refractivity (Wildman–Crippen MR) is 130 cm³/mol. The molecular formula is C26H22ClN5O2. The van der Waals surface area contributed by atoms with Crippen LogP contribution >= 0.6 is 11.6 Å². The van der Waals surface area contributed by atoms with E-state index in [1.807, 2.05) is 70.5 Å². The van der Waals surface area contributed by atoms with Crippen LogP contribution in [0.2, 0.25) is 5.02 Å². The quantitative estimate of drug-likeness (QED) is 0.487. The topological polar surface area (TPSA) is 82.2 Å². The van der Waals surface area contributed by atoms with Crippen molar-refractivity contribution < 1.29 is 9.59 Å². The molecule has 4 aromatic rings. The number of fused-ring (bicyclic) bond motifs is 2. The minimum absolute atomic E-state index is 0.00923. The lowest BCUT2D eigenvalue weighted by molar-refractivity contribution is 0.0738. The summed E-state index contributed by atoms with van der Waals surface area (Å²) in [5.74, 6) is 0.662. The van der Waals surface area contributed by atoms with E-state index in [1.54, 1.807) is 6.07 Å². The van der Waals surface area contributed by atoms with Crippen LogP contribution in [0.1, 0.15) is 20.7 Å². The number of nitrogens with one attached hydrogen (secondary N) is 1. The molecule has 1 unspecified atom stereocenters. The number of benzene rings is 3. The Labute approximate surface area is 201 Å². The number of hydrogen-bond donors (Lipinski definition) is 1. The van der Waals surface area contributed by atoms with Gasteiger partial charge in [-0.15, -0.1) is 5.10 Å². The van der Waals surface area contributed by atoms with Crippen LogP contribution in [0.3, 0.4) is 0 Å². The van der Waals surface area contributed by atoms with E-state index in [0.29, 0.717) is 59.7 Å². The van der Waals surface area contributed by atoms with Crippen molar-refractivity contribution in [1.82, 2.24) is 25.2 Å². The van der Waals surface area contributed by atoms with Gasteiger partial charge in [0.05, 0.1) is 5.52 Å². The molecule has 2 fully saturated rings. The van der Waals surface area contributed by atoms with E-state index in [2.05, 4.69) is 15.4 Å². The smallest absolute Gasteiger partial charge is 0.253 e. The molecule has 0 aliphatic carbocycles. The zero-order valence-corrected chi connectivity index (χ0v) is 19.1. The number of H-pyrrole nitrogens is 1. The number of hydrogen-bond acceptors (Lipinski definition) is 4. The average Bonchev–Trinajstić information content (AvgIpc) is 3.58. The molecule has 1 N–H and O–H groups in total. The molecule has 2 amide bonds. The molecule has 2 saturated heterocycles. The standard InChI is InChI=1S/C26H22ClN5O2/c27-22-8-5-17(6-9-22)16-1-3-18(4-2-16)25(33)31-12-20-14-32(15-21(20)13-31)26(34)19-7-10-23-24(11-19)29-30-28-23/h1-11,20-21H,12-15H2,(H,28,29,30)/t20-,21?/m1/s1. The third kappa shape index (κ3) is 3.72. The molecule has 170 valence electrons. The maximum Gasteiger partial charge on any atom is 0.253 e. The highest BCUT2D eigenvalue weighted by Crippen LogP contribution is 2.33. The Bertz CT molecular complexity index is 1370. The zero-order valence-electron chi connectivity index (χ0n) is 18.3. The highest BCUT2D eigenvalue weighted by Gasteiger charge is 2.43. The second kappa shape index (κ2) is 8.25. The van der Waals surface area contributed by atoms with Gasteiger partial charge in [0, 0.05) is 54.2 Å². The van der Waals surface area contributed by atoms with Crippen LogP contribution in [0.5, 0.6) is 0 Å². The van der Waals surface area contributed by atoms with Gasteiger partial charge >= 0.3 is 0 Å². The molecule has 8 heteroatoms. The van der Waals surface area contributed by atoms with Gasteiger partial charge in [-0.2, -0.15) is 0 Å². The molecule has 2 atom stereocenters. The Morgan fingerprint density at radius 2 is 1.29 bits per heavy atom. The van der Waals surface area contributed by atoms with Gasteiger partial charge in [0.2, 0.25) is 0 Å². The summed E-state index contributed by atoms with van der Waals surface area (Å²) in [7, 11) is 0. The van der Waals surface area contributed by atoms with Crippen LogP contribution in [0, 0.1) is 11.8 Å². The van der Waals surface area contributed by atoms with Crippen LogP contribution in [0.15, 0.2) is 66.7 Å². The molecule has 6 rings (SSSR count). The zero-order chi connectivity index (χ0) is 23.2. The van der Waals surface area contributed by atoms with Gasteiger partial charge in [-0.3, -0.25) is 14.7 Å². The van der Waals surface area contributed by atoms with E-state index < -0.39 is 0 Å². The van der Waals surface area contributed by atoms with Gasteiger partial charge in [0.15, 0.2) is 0 Å². The maximum absolute atomic E-state index is 13.1. The molecule has 0 saturated carbocycles. The lowest BCUT2D eigenvalue weighted by atomic mass is 10.0. The first-order chi connectivity index (χ1) is 16.5. The highest BCUT2D eigenvalue weighted by molar-refractivity contribution is 6.30. The third-order valence-corrected chi connectivity index (χ3v) is 7.19. The summed E-state index contributed by atoms with van der Waals surface area (Å²) >= 11 is 5.98. The van der Waals surface area contributed by atoms with Crippen LogP contribution in [-0.4, -0.2) is 63.2 Å². The van der Waals surface area contributed by atoms with E-state index >= 15 is 0 Å². The van der Waals surface area contributed by atoms with Gasteiger partial charge in [-0.05, 0) is 53.6 Å². The number of rotatable bonds is 3. The Balaban J connectivity index is 1.10. The lowest BCUT2D eigenvalue weighted by Gasteiger charge is -2.22. The summed E-state index contributed by atoms with van der Waals surface area (Å²) in [6.07, 6.45) is 0. The minimum Gasteiger partial charge on any atom is -0.338 e. The largest absolute Gasteiger partial charge is 0.338 e. The van der Waals surface area contributed by atoms with Gasteiger partial charge in [0.25, 0.3) is 11.8 Å². The van der Waals surface area contributed by atoms with Crippen LogP contribution in [0.4, 0.5) is 0 Å². The Kier molecular flexibility index (Phi) is 5.07. The van der Waals surface area contributed by atoms with Gasteiger partial charge in [-0.25, -0.2) is 0 Å². The van der Waals surface area contributed by atoms with Crippen LogP contribution in [-0.2, 0) is 0 Å². The Morgan fingerprint density at radius 1 is 0.765 bits per heavy atom. The number of carbonyl (C=O) groups excluding carboxylic acids is 2. The van der Waals surface area contributed by atoms with Crippen LogP contribution < -0.4 is 0 Å². The predicted octanol–water partition coefficient (Wildman–Crippen LogP) is 4.12. The molecular weight excluding hydrogens is 450 g/mol. The molecule has 2 aliphatic rings. The van der Waals surface area contributed by atoms with Gasteiger partial charge in [-0.1, -0.05) is 41.1 Å². The van der Waals surface area contributed by atoms with E-state index in [0.717, 1.165) is 16.6 Å². The van der Waals surface area contributed by atoms with Crippen LogP contribution in [0.25, 0.3) is 22.2 Å². The summed E-state index contributed by atoms with van der Waals surface area (Å²) in [6, 6.07) is 20.8. The van der Waals surface area contributed by atoms with Crippen molar-refractivity contribution in [2.75, 3.05) is 26.2 Å². The fourth-order valence-corrected chi connectivity index (χ4v) is 5.24. The summed E-state index contributed by atoms with van der Waals surface area (Å²) in [4.78, 5) is 30.0. The Hall–Kier alpha value is -3.71. The van der Waals surface area contributed by atoms with Crippen molar-refractivity contribution in [2.24, 2.45) is 11.8 Å². The number of halogens is 1. The fourth-order valence-electron chi connectivity index (χ4n) is 5.11. The number of likely N-dealkylation sites (tertiary alicyclic amines) is 2. The number of carbonyl (C=O) groups is 2. The third-order valence-electron chi connectivity index (χ3n) is 6.94. The highest BCUT2D eigenvalue weighted by atomic mass is 35.5. The lowest BCUT2D eigenvalue weighted by Crippen LogP contribution is -2.35. The fraction of sp³-hybridized carbons (Fsp3) is 0.231. The number of nitrogens with zero attached hydrogens (tertiary/aromatic N) is 4. The van der Waals surface area contributed by atoms with Crippen molar-refractivity contribution in [3.05, 3.63) is 82.9 Å². The van der Waals surface area contributed by atoms with Gasteiger partial charge < -0.3 is 9.80 Å². The molecule has 34 heavy (non-hydrogen) atoms. The first kappa shape index (κ1) is 20.9. The monoisotopic (exact) mass is 471 g/mol. The second-order valence-electron chi connectivity index (χ2n) is 9.07. The van der Waals surface area contributed by atoms with E-state index in [4.69, 9.17) is 11.6 Å². The van der Waals surface area contributed by atoms with Gasteiger partial charge in [0.1, 0.15) is 5.52 Å². The average molecular weight is 472 g/mol. The second-order valence-corrected chi connectivity index (χ2v) is 9.50. The molecule has 0 bridgehead atoms. The normalized spacial score (nSPS) is 19.6. The molecule has 3 heterocycles. The minimum atomic E-state index is 0.00923.